The van der Waals surface area contributed by atoms with Crippen LogP contribution in [0.25, 0.3) is 0 Å². The van der Waals surface area contributed by atoms with Crippen LogP contribution in [-0.2, 0) is 0 Å². The van der Waals surface area contributed by atoms with Crippen LogP contribution in [0.5, 0.6) is 5.75 Å². The van der Waals surface area contributed by atoms with Crippen LogP contribution in [0.1, 0.15) is 5.56 Å². The molecule has 0 aliphatic carbocycles. The van der Waals surface area contributed by atoms with Gasteiger partial charge in [0.25, 0.3) is 0 Å². The molecule has 0 N–H and O–H groups in total. The molecule has 0 aliphatic rings. The summed E-state index contributed by atoms with van der Waals surface area (Å²) in [6.07, 6.45) is 0. The summed E-state index contributed by atoms with van der Waals surface area (Å²) >= 11 is 9.02. The second kappa shape index (κ2) is 5.42. The number of hydrogen-bond acceptors (Lipinski definition) is 1. The van der Waals surface area contributed by atoms with Gasteiger partial charge in [-0.05, 0) is 46.1 Å². The maximum atomic E-state index is 5.59. The molecule has 0 unspecified atom stereocenters. The molecule has 0 heterocycles. The zero-order valence-electron chi connectivity index (χ0n) is 8.02. The molecule has 1 aromatic rings. The predicted octanol–water partition coefficient (Wildman–Crippen LogP) is 3.93. The molecule has 1 aromatic carbocycles. The Bertz CT molecular complexity index is 336. The molecule has 0 amide bonds. The van der Waals surface area contributed by atoms with E-state index in [0.717, 1.165) is 15.8 Å². The fraction of sp³-hybridized carbons (Fsp3) is 0.273. The standard InChI is InChI=1S/C11H12BrClO/c1-8-3-4-11(10(12)5-8)14-7-9(2)6-13/h3-5H,2,6-7H2,1H3. The highest BCUT2D eigenvalue weighted by Gasteiger charge is 2.01. The first-order chi connectivity index (χ1) is 6.63. The third-order valence-corrected chi connectivity index (χ3v) is 2.71. The van der Waals surface area contributed by atoms with Crippen molar-refractivity contribution in [2.45, 2.75) is 6.92 Å². The summed E-state index contributed by atoms with van der Waals surface area (Å²) in [6.45, 7) is 6.26. The lowest BCUT2D eigenvalue weighted by molar-refractivity contribution is 0.351. The van der Waals surface area contributed by atoms with Crippen molar-refractivity contribution in [2.75, 3.05) is 12.5 Å². The molecule has 1 nitrogen and oxygen atoms in total. The van der Waals surface area contributed by atoms with Crippen molar-refractivity contribution in [3.05, 3.63) is 40.4 Å². The Balaban J connectivity index is 2.63. The van der Waals surface area contributed by atoms with Gasteiger partial charge >= 0.3 is 0 Å². The molecule has 0 aliphatic heterocycles. The quantitative estimate of drug-likeness (QED) is 0.597. The summed E-state index contributed by atoms with van der Waals surface area (Å²) in [6, 6.07) is 5.95. The fourth-order valence-electron chi connectivity index (χ4n) is 0.941. The molecule has 1 rings (SSSR count). The van der Waals surface area contributed by atoms with E-state index in [4.69, 9.17) is 16.3 Å². The lowest BCUT2D eigenvalue weighted by atomic mass is 10.2. The minimum absolute atomic E-state index is 0.434. The molecule has 0 fully saturated rings. The summed E-state index contributed by atoms with van der Waals surface area (Å²) in [5.74, 6) is 1.26. The normalized spacial score (nSPS) is 9.93. The third-order valence-electron chi connectivity index (χ3n) is 1.71. The Morgan fingerprint density at radius 3 is 2.86 bits per heavy atom. The van der Waals surface area contributed by atoms with Crippen molar-refractivity contribution in [3.8, 4) is 5.75 Å². The van der Waals surface area contributed by atoms with Crippen molar-refractivity contribution in [1.29, 1.82) is 0 Å². The Morgan fingerprint density at radius 2 is 2.29 bits per heavy atom. The van der Waals surface area contributed by atoms with Crippen LogP contribution in [0.4, 0.5) is 0 Å². The van der Waals surface area contributed by atoms with Gasteiger partial charge in [-0.3, -0.25) is 0 Å². The van der Waals surface area contributed by atoms with E-state index < -0.39 is 0 Å². The molecule has 0 aromatic heterocycles. The highest BCUT2D eigenvalue weighted by molar-refractivity contribution is 9.10. The van der Waals surface area contributed by atoms with Crippen LogP contribution in [-0.4, -0.2) is 12.5 Å². The second-order valence-corrected chi connectivity index (χ2v) is 4.23. The Morgan fingerprint density at radius 1 is 1.57 bits per heavy atom. The van der Waals surface area contributed by atoms with Gasteiger partial charge in [-0.25, -0.2) is 0 Å². The number of alkyl halides is 1. The molecule has 0 spiro atoms. The summed E-state index contributed by atoms with van der Waals surface area (Å²) in [7, 11) is 0. The van der Waals surface area contributed by atoms with Gasteiger partial charge in [0.15, 0.2) is 0 Å². The Labute approximate surface area is 97.9 Å². The first-order valence-electron chi connectivity index (χ1n) is 4.25. The van der Waals surface area contributed by atoms with Gasteiger partial charge in [-0.2, -0.15) is 0 Å². The molecular formula is C11H12BrClO. The van der Waals surface area contributed by atoms with Crippen molar-refractivity contribution < 1.29 is 4.74 Å². The minimum atomic E-state index is 0.434. The zero-order chi connectivity index (χ0) is 10.6. The topological polar surface area (TPSA) is 9.23 Å². The molecule has 0 saturated carbocycles. The highest BCUT2D eigenvalue weighted by Crippen LogP contribution is 2.25. The van der Waals surface area contributed by atoms with Crippen LogP contribution in [0.15, 0.2) is 34.8 Å². The van der Waals surface area contributed by atoms with Crippen LogP contribution in [0.2, 0.25) is 0 Å². The number of ether oxygens (including phenoxy) is 1. The first-order valence-corrected chi connectivity index (χ1v) is 5.58. The van der Waals surface area contributed by atoms with Crippen LogP contribution in [0.3, 0.4) is 0 Å². The Kier molecular flexibility index (Phi) is 4.49. The number of hydrogen-bond donors (Lipinski definition) is 0. The van der Waals surface area contributed by atoms with Crippen LogP contribution in [0, 0.1) is 6.92 Å². The molecule has 0 saturated heterocycles. The van der Waals surface area contributed by atoms with Crippen LogP contribution >= 0.6 is 27.5 Å². The Hall–Kier alpha value is -0.470. The van der Waals surface area contributed by atoms with Crippen molar-refractivity contribution in [2.24, 2.45) is 0 Å². The fourth-order valence-corrected chi connectivity index (χ4v) is 1.63. The van der Waals surface area contributed by atoms with Gasteiger partial charge < -0.3 is 4.74 Å². The maximum absolute atomic E-state index is 5.59. The first kappa shape index (κ1) is 11.6. The van der Waals surface area contributed by atoms with Gasteiger partial charge in [-0.1, -0.05) is 12.6 Å². The van der Waals surface area contributed by atoms with E-state index in [9.17, 15) is 0 Å². The van der Waals surface area contributed by atoms with E-state index >= 15 is 0 Å². The van der Waals surface area contributed by atoms with E-state index in [-0.39, 0.29) is 0 Å². The third kappa shape index (κ3) is 3.35. The van der Waals surface area contributed by atoms with Gasteiger partial charge in [0.05, 0.1) is 4.47 Å². The summed E-state index contributed by atoms with van der Waals surface area (Å²) in [4.78, 5) is 0. The van der Waals surface area contributed by atoms with Gasteiger partial charge in [0, 0.05) is 5.88 Å². The molecule has 0 radical (unpaired) electrons. The van der Waals surface area contributed by atoms with Crippen LogP contribution < -0.4 is 4.74 Å². The van der Waals surface area contributed by atoms with Crippen molar-refractivity contribution in [3.63, 3.8) is 0 Å². The summed E-state index contributed by atoms with van der Waals surface area (Å²) in [5.41, 5.74) is 2.07. The zero-order valence-corrected chi connectivity index (χ0v) is 10.4. The van der Waals surface area contributed by atoms with Gasteiger partial charge in [0.1, 0.15) is 12.4 Å². The lowest BCUT2D eigenvalue weighted by Gasteiger charge is -2.08. The SMILES string of the molecule is C=C(CCl)COc1ccc(C)cc1Br. The number of halogens is 2. The van der Waals surface area contributed by atoms with E-state index in [2.05, 4.69) is 22.5 Å². The molecule has 14 heavy (non-hydrogen) atoms. The van der Waals surface area contributed by atoms with Gasteiger partial charge in [0.2, 0.25) is 0 Å². The molecule has 76 valence electrons. The van der Waals surface area contributed by atoms with E-state index in [1.165, 1.54) is 5.56 Å². The average molecular weight is 276 g/mol. The largest absolute Gasteiger partial charge is 0.488 e. The monoisotopic (exact) mass is 274 g/mol. The molecule has 3 heteroatoms. The number of benzene rings is 1. The van der Waals surface area contributed by atoms with E-state index in [1.807, 2.05) is 25.1 Å². The van der Waals surface area contributed by atoms with Crippen molar-refractivity contribution >= 4 is 27.5 Å². The molecule has 0 atom stereocenters. The van der Waals surface area contributed by atoms with E-state index in [1.54, 1.807) is 0 Å². The highest BCUT2D eigenvalue weighted by atomic mass is 79.9. The smallest absolute Gasteiger partial charge is 0.133 e. The molecule has 0 bridgehead atoms. The predicted molar refractivity (Wildman–Crippen MR) is 64.2 cm³/mol. The van der Waals surface area contributed by atoms with Gasteiger partial charge in [-0.15, -0.1) is 11.6 Å². The van der Waals surface area contributed by atoms with E-state index in [0.29, 0.717) is 12.5 Å². The summed E-state index contributed by atoms with van der Waals surface area (Å²) < 4.78 is 6.47. The maximum Gasteiger partial charge on any atom is 0.133 e. The number of rotatable bonds is 4. The molecular weight excluding hydrogens is 263 g/mol. The number of aryl methyl sites for hydroxylation is 1. The summed E-state index contributed by atoms with van der Waals surface area (Å²) in [5, 5.41) is 0. The lowest BCUT2D eigenvalue weighted by Crippen LogP contribution is -2.01. The second-order valence-electron chi connectivity index (χ2n) is 3.11. The minimum Gasteiger partial charge on any atom is -0.488 e. The average Bonchev–Trinajstić information content (AvgIpc) is 2.16. The van der Waals surface area contributed by atoms with Crippen molar-refractivity contribution in [1.82, 2.24) is 0 Å².